The van der Waals surface area contributed by atoms with Gasteiger partial charge in [-0.25, -0.2) is 4.79 Å². The molecule has 2 unspecified atom stereocenters. The van der Waals surface area contributed by atoms with Gasteiger partial charge in [0.2, 0.25) is 0 Å². The van der Waals surface area contributed by atoms with E-state index in [9.17, 15) is 4.79 Å². The summed E-state index contributed by atoms with van der Waals surface area (Å²) in [7, 11) is 0. The lowest BCUT2D eigenvalue weighted by atomic mass is 10.4. The van der Waals surface area contributed by atoms with Crippen molar-refractivity contribution in [2.75, 3.05) is 0 Å². The summed E-state index contributed by atoms with van der Waals surface area (Å²) in [4.78, 5) is 9.45. The molecule has 0 rings (SSSR count). The summed E-state index contributed by atoms with van der Waals surface area (Å²) >= 11 is 0. The summed E-state index contributed by atoms with van der Waals surface area (Å²) in [6.45, 7) is 3.02. The summed E-state index contributed by atoms with van der Waals surface area (Å²) in [5.74, 6) is -1.19. The van der Waals surface area contributed by atoms with Crippen molar-refractivity contribution in [3.63, 3.8) is 0 Å². The molecular formula is C6H20Cl2N2O4. The van der Waals surface area contributed by atoms with Crippen LogP contribution in [0.1, 0.15) is 20.3 Å². The molecule has 0 fully saturated rings. The summed E-state index contributed by atoms with van der Waals surface area (Å²) in [6, 6.07) is 0. The molecule has 14 heavy (non-hydrogen) atoms. The number of hydrogen-bond donors (Lipinski definition) is 5. The molecule has 8 N–H and O–H groups in total. The maximum Gasteiger partial charge on any atom is 0.332 e. The summed E-state index contributed by atoms with van der Waals surface area (Å²) in [5, 5.41) is 23.9. The van der Waals surface area contributed by atoms with Gasteiger partial charge >= 0.3 is 5.97 Å². The number of carboxylic acid groups (broad SMARTS) is 1. The van der Waals surface area contributed by atoms with Crippen molar-refractivity contribution < 1.29 is 20.1 Å². The fraction of sp³-hybridized carbons (Fsp3) is 0.833. The second-order valence-corrected chi connectivity index (χ2v) is 1.99. The van der Waals surface area contributed by atoms with Crippen LogP contribution in [0, 0.1) is 0 Å². The highest BCUT2D eigenvalue weighted by Crippen LogP contribution is 1.73. The SMILES string of the molecule is CC(O)C(=O)O.CCC(N)O.Cl.Cl.N. The molecule has 0 saturated carbocycles. The molecule has 0 aromatic carbocycles. The van der Waals surface area contributed by atoms with Gasteiger partial charge in [-0.05, 0) is 13.3 Å². The Kier molecular flexibility index (Phi) is 38.9. The lowest BCUT2D eigenvalue weighted by molar-refractivity contribution is -0.145. The monoisotopic (exact) mass is 254 g/mol. The van der Waals surface area contributed by atoms with Crippen molar-refractivity contribution in [2.45, 2.75) is 32.6 Å². The van der Waals surface area contributed by atoms with Crippen molar-refractivity contribution in [3.05, 3.63) is 0 Å². The first kappa shape index (κ1) is 29.2. The van der Waals surface area contributed by atoms with Crippen LogP contribution in [0.15, 0.2) is 0 Å². The predicted molar refractivity (Wildman–Crippen MR) is 59.3 cm³/mol. The van der Waals surface area contributed by atoms with E-state index in [0.717, 1.165) is 0 Å². The van der Waals surface area contributed by atoms with E-state index >= 15 is 0 Å². The van der Waals surface area contributed by atoms with Gasteiger partial charge in [0.05, 0.1) is 0 Å². The third kappa shape index (κ3) is 40.6. The van der Waals surface area contributed by atoms with Crippen molar-refractivity contribution in [1.29, 1.82) is 0 Å². The first-order valence-electron chi connectivity index (χ1n) is 3.26. The van der Waals surface area contributed by atoms with Crippen molar-refractivity contribution in [1.82, 2.24) is 6.15 Å². The predicted octanol–water partition coefficient (Wildman–Crippen LogP) is 0.131. The van der Waals surface area contributed by atoms with E-state index in [0.29, 0.717) is 6.42 Å². The lowest BCUT2D eigenvalue weighted by Crippen LogP contribution is -2.16. The zero-order chi connectivity index (χ0) is 9.44. The number of carboxylic acids is 1. The van der Waals surface area contributed by atoms with Crippen LogP contribution in [-0.4, -0.2) is 33.6 Å². The smallest absolute Gasteiger partial charge is 0.332 e. The van der Waals surface area contributed by atoms with Crippen molar-refractivity contribution >= 4 is 30.8 Å². The van der Waals surface area contributed by atoms with Gasteiger partial charge in [0, 0.05) is 0 Å². The number of nitrogens with two attached hydrogens (primary N) is 1. The quantitative estimate of drug-likeness (QED) is 0.444. The Hall–Kier alpha value is -0.110. The Morgan fingerprint density at radius 2 is 1.50 bits per heavy atom. The zero-order valence-electron chi connectivity index (χ0n) is 8.21. The van der Waals surface area contributed by atoms with E-state index in [2.05, 4.69) is 0 Å². The van der Waals surface area contributed by atoms with Crippen LogP contribution in [0.25, 0.3) is 0 Å². The molecule has 0 amide bonds. The average Bonchev–Trinajstić information content (AvgIpc) is 1.89. The summed E-state index contributed by atoms with van der Waals surface area (Å²) in [5.41, 5.74) is 4.85. The standard InChI is InChI=1S/C3H9NO.C3H6O3.2ClH.H3N/c1-2-3(4)5;1-2(4)3(5)6;;;/h3,5H,2,4H2,1H3;2,4H,1H3,(H,5,6);2*1H;1H3. The fourth-order valence-corrected chi connectivity index (χ4v) is 0. The van der Waals surface area contributed by atoms with Gasteiger partial charge in [-0.1, -0.05) is 6.92 Å². The second-order valence-electron chi connectivity index (χ2n) is 1.99. The van der Waals surface area contributed by atoms with Gasteiger partial charge in [-0.3, -0.25) is 0 Å². The first-order valence-corrected chi connectivity index (χ1v) is 3.26. The van der Waals surface area contributed by atoms with Gasteiger partial charge in [-0.2, -0.15) is 0 Å². The molecule has 0 spiro atoms. The molecule has 2 atom stereocenters. The van der Waals surface area contributed by atoms with Crippen molar-refractivity contribution in [3.8, 4) is 0 Å². The van der Waals surface area contributed by atoms with E-state index in [1.807, 2.05) is 6.92 Å². The Balaban J connectivity index is -0.0000000321. The number of aliphatic hydroxyl groups excluding tert-OH is 2. The van der Waals surface area contributed by atoms with E-state index in [4.69, 9.17) is 21.1 Å². The molecule has 0 aliphatic rings. The number of halogens is 2. The highest BCUT2D eigenvalue weighted by molar-refractivity contribution is 5.85. The highest BCUT2D eigenvalue weighted by Gasteiger charge is 2.01. The van der Waals surface area contributed by atoms with E-state index in [-0.39, 0.29) is 31.0 Å². The normalized spacial score (nSPS) is 11.2. The molecular weight excluding hydrogens is 235 g/mol. The minimum absolute atomic E-state index is 0. The van der Waals surface area contributed by atoms with Gasteiger partial charge in [-0.15, -0.1) is 24.8 Å². The molecule has 0 aliphatic heterocycles. The minimum atomic E-state index is -1.23. The number of rotatable bonds is 2. The van der Waals surface area contributed by atoms with Gasteiger partial charge < -0.3 is 27.2 Å². The number of carbonyl (C=O) groups is 1. The van der Waals surface area contributed by atoms with Crippen LogP contribution in [0.2, 0.25) is 0 Å². The van der Waals surface area contributed by atoms with Crippen LogP contribution in [0.4, 0.5) is 0 Å². The topological polar surface area (TPSA) is 139 Å². The fourth-order valence-electron chi connectivity index (χ4n) is 0. The maximum absolute atomic E-state index is 9.45. The van der Waals surface area contributed by atoms with E-state index in [1.165, 1.54) is 6.92 Å². The number of aliphatic carboxylic acids is 1. The molecule has 0 aromatic rings. The van der Waals surface area contributed by atoms with E-state index in [1.54, 1.807) is 0 Å². The molecule has 0 saturated heterocycles. The van der Waals surface area contributed by atoms with Crippen LogP contribution in [-0.2, 0) is 4.79 Å². The molecule has 0 aromatic heterocycles. The zero-order valence-corrected chi connectivity index (χ0v) is 9.85. The van der Waals surface area contributed by atoms with Crippen LogP contribution in [0.5, 0.6) is 0 Å². The first-order chi connectivity index (χ1) is 4.91. The molecule has 92 valence electrons. The summed E-state index contributed by atoms with van der Waals surface area (Å²) < 4.78 is 0. The number of aliphatic hydroxyl groups is 2. The van der Waals surface area contributed by atoms with Gasteiger partial charge in [0.25, 0.3) is 0 Å². The third-order valence-electron chi connectivity index (χ3n) is 0.776. The lowest BCUT2D eigenvalue weighted by Gasteiger charge is -1.91. The maximum atomic E-state index is 9.45. The molecule has 0 bridgehead atoms. The molecule has 0 heterocycles. The average molecular weight is 255 g/mol. The Morgan fingerprint density at radius 1 is 1.36 bits per heavy atom. The minimum Gasteiger partial charge on any atom is -0.479 e. The molecule has 6 nitrogen and oxygen atoms in total. The summed E-state index contributed by atoms with van der Waals surface area (Å²) in [6.07, 6.45) is -1.21. The van der Waals surface area contributed by atoms with E-state index < -0.39 is 18.3 Å². The largest absolute Gasteiger partial charge is 0.479 e. The van der Waals surface area contributed by atoms with Gasteiger partial charge in [0.1, 0.15) is 12.3 Å². The second kappa shape index (κ2) is 18.6. The molecule has 0 aliphatic carbocycles. The van der Waals surface area contributed by atoms with Crippen LogP contribution >= 0.6 is 24.8 Å². The Morgan fingerprint density at radius 3 is 1.50 bits per heavy atom. The molecule has 0 radical (unpaired) electrons. The van der Waals surface area contributed by atoms with Crippen molar-refractivity contribution in [2.24, 2.45) is 5.73 Å². The highest BCUT2D eigenvalue weighted by atomic mass is 35.5. The van der Waals surface area contributed by atoms with Crippen LogP contribution in [0.3, 0.4) is 0 Å². The third-order valence-corrected chi connectivity index (χ3v) is 0.776. The van der Waals surface area contributed by atoms with Gasteiger partial charge in [0.15, 0.2) is 0 Å². The Bertz CT molecular complexity index is 114. The molecule has 8 heteroatoms. The van der Waals surface area contributed by atoms with Crippen LogP contribution < -0.4 is 11.9 Å². The Labute approximate surface area is 95.9 Å². The number of hydrogen-bond acceptors (Lipinski definition) is 5.